The maximum atomic E-state index is 12.4. The molecule has 0 spiro atoms. The number of rotatable bonds is 6. The van der Waals surface area contributed by atoms with E-state index in [-0.39, 0.29) is 10.6 Å². The molecular weight excluding hydrogens is 499 g/mol. The zero-order valence-corrected chi connectivity index (χ0v) is 22.4. The monoisotopic (exact) mass is 532 g/mol. The lowest BCUT2D eigenvalue weighted by Crippen LogP contribution is -2.00. The summed E-state index contributed by atoms with van der Waals surface area (Å²) in [5.41, 5.74) is 10.0. The minimum atomic E-state index is -0.799. The van der Waals surface area contributed by atoms with Gasteiger partial charge in [0.05, 0.1) is 9.85 Å². The van der Waals surface area contributed by atoms with Crippen molar-refractivity contribution in [2.24, 2.45) is 0 Å². The Morgan fingerprint density at radius 3 is 1.54 bits per heavy atom. The Morgan fingerprint density at radius 1 is 0.641 bits per heavy atom. The highest BCUT2D eigenvalue weighted by Crippen LogP contribution is 2.31. The Kier molecular flexibility index (Phi) is 11.6. The molecule has 0 unspecified atom stereocenters. The fraction of sp³-hybridized carbons (Fsp3) is 0.200. The second kappa shape index (κ2) is 14.8. The highest BCUT2D eigenvalue weighted by molar-refractivity contribution is 5.71. The predicted octanol–water partition coefficient (Wildman–Crippen LogP) is 8.59. The molecule has 8 nitrogen and oxygen atoms in total. The zero-order valence-electron chi connectivity index (χ0n) is 22.4. The van der Waals surface area contributed by atoms with Crippen molar-refractivity contribution in [1.82, 2.24) is 0 Å². The van der Waals surface area contributed by atoms with Crippen molar-refractivity contribution in [3.63, 3.8) is 0 Å². The first-order valence-corrected chi connectivity index (χ1v) is 12.4. The van der Waals surface area contributed by atoms with Gasteiger partial charge in [-0.3, -0.25) is 20.2 Å². The van der Waals surface area contributed by atoms with Crippen LogP contribution in [0.25, 0.3) is 0 Å². The normalized spacial score (nSPS) is 10.1. The van der Waals surface area contributed by atoms with E-state index in [1.54, 1.807) is 18.2 Å². The largest absolute Gasteiger partial charge is 0.398 e. The minimum Gasteiger partial charge on any atom is -0.398 e. The number of hydrogen-bond acceptors (Lipinski definition) is 6. The summed E-state index contributed by atoms with van der Waals surface area (Å²) in [4.78, 5) is 19.9. The molecule has 4 aromatic carbocycles. The van der Waals surface area contributed by atoms with Crippen LogP contribution in [0.4, 0.5) is 32.8 Å². The molecule has 0 aliphatic carbocycles. The number of nitro groups is 2. The zero-order chi connectivity index (χ0) is 28.9. The van der Waals surface area contributed by atoms with Crippen LogP contribution in [-0.2, 0) is 0 Å². The van der Waals surface area contributed by atoms with Crippen molar-refractivity contribution >= 4 is 28.4 Å². The van der Waals surface area contributed by atoms with Gasteiger partial charge in [-0.25, -0.2) is 0 Å². The van der Waals surface area contributed by atoms with E-state index in [1.165, 1.54) is 23.8 Å². The fourth-order valence-corrected chi connectivity index (χ4v) is 3.63. The number of benzene rings is 4. The molecule has 0 atom stereocenters. The van der Waals surface area contributed by atoms with Crippen LogP contribution < -0.4 is 11.1 Å². The van der Waals surface area contributed by atoms with E-state index in [9.17, 15) is 24.6 Å². The molecule has 9 heteroatoms. The minimum absolute atomic E-state index is 0.0843. The topological polar surface area (TPSA) is 124 Å². The van der Waals surface area contributed by atoms with Gasteiger partial charge in [0.2, 0.25) is 5.82 Å². The van der Waals surface area contributed by atoms with E-state index in [4.69, 9.17) is 5.73 Å². The number of para-hydroxylation sites is 5. The average Bonchev–Trinajstić information content (AvgIpc) is 2.90. The van der Waals surface area contributed by atoms with Gasteiger partial charge >= 0.3 is 5.69 Å². The molecular formula is C30H33FN4O4. The van der Waals surface area contributed by atoms with Gasteiger partial charge in [-0.1, -0.05) is 88.4 Å². The second-order valence-corrected chi connectivity index (χ2v) is 9.13. The van der Waals surface area contributed by atoms with Crippen LogP contribution >= 0.6 is 0 Å². The molecule has 204 valence electrons. The van der Waals surface area contributed by atoms with Crippen molar-refractivity contribution in [1.29, 1.82) is 0 Å². The van der Waals surface area contributed by atoms with Crippen LogP contribution in [0.1, 0.15) is 50.7 Å². The van der Waals surface area contributed by atoms with Gasteiger partial charge in [0, 0.05) is 23.5 Å². The molecule has 39 heavy (non-hydrogen) atoms. The molecule has 0 amide bonds. The summed E-state index contributed by atoms with van der Waals surface area (Å²) in [6, 6.07) is 27.5. The fourth-order valence-electron chi connectivity index (χ4n) is 3.63. The van der Waals surface area contributed by atoms with Gasteiger partial charge < -0.3 is 11.1 Å². The molecule has 0 bridgehead atoms. The summed E-state index contributed by atoms with van der Waals surface area (Å²) < 4.78 is 12.4. The molecule has 3 N–H and O–H groups in total. The van der Waals surface area contributed by atoms with Crippen molar-refractivity contribution in [2.45, 2.75) is 39.5 Å². The van der Waals surface area contributed by atoms with Crippen molar-refractivity contribution in [3.05, 3.63) is 134 Å². The quantitative estimate of drug-likeness (QED) is 0.146. The lowest BCUT2D eigenvalue weighted by Gasteiger charge is -2.14. The van der Waals surface area contributed by atoms with Gasteiger partial charge in [0.25, 0.3) is 5.69 Å². The van der Waals surface area contributed by atoms with E-state index in [2.05, 4.69) is 39.1 Å². The summed E-state index contributed by atoms with van der Waals surface area (Å²) in [5.74, 6) is 0.0835. The Bertz CT molecular complexity index is 1390. The Morgan fingerprint density at radius 2 is 1.08 bits per heavy atom. The molecule has 0 saturated carbocycles. The maximum Gasteiger partial charge on any atom is 0.304 e. The molecule has 0 saturated heterocycles. The first-order valence-electron chi connectivity index (χ1n) is 12.4. The third-order valence-corrected chi connectivity index (χ3v) is 5.62. The van der Waals surface area contributed by atoms with Gasteiger partial charge in [0.15, 0.2) is 0 Å². The molecule has 0 heterocycles. The SMILES string of the molecule is CC(C)c1ccccc1N.CC(C)c1ccccc1Nc1ccccc1[N+](=O)[O-].O=[N+]([O-])c1ccccc1F. The first-order chi connectivity index (χ1) is 18.5. The second-order valence-electron chi connectivity index (χ2n) is 9.13. The van der Waals surface area contributed by atoms with Crippen LogP contribution in [0.2, 0.25) is 0 Å². The number of nitrogens with one attached hydrogen (secondary N) is 1. The van der Waals surface area contributed by atoms with Crippen LogP contribution in [0.5, 0.6) is 0 Å². The Labute approximate surface area is 227 Å². The van der Waals surface area contributed by atoms with Crippen LogP contribution in [0.15, 0.2) is 97.1 Å². The third-order valence-electron chi connectivity index (χ3n) is 5.62. The van der Waals surface area contributed by atoms with Gasteiger partial charge in [0.1, 0.15) is 5.69 Å². The average molecular weight is 533 g/mol. The van der Waals surface area contributed by atoms with Crippen molar-refractivity contribution in [3.8, 4) is 0 Å². The predicted molar refractivity (Wildman–Crippen MR) is 155 cm³/mol. The highest BCUT2D eigenvalue weighted by atomic mass is 19.1. The van der Waals surface area contributed by atoms with E-state index < -0.39 is 16.4 Å². The molecule has 0 fully saturated rings. The lowest BCUT2D eigenvalue weighted by molar-refractivity contribution is -0.387. The standard InChI is InChI=1S/C15H16N2O2.C9H13N.C6H4FNO2/c1-11(2)12-7-3-4-8-13(12)16-14-9-5-6-10-15(14)17(18)19;1-7(2)8-5-3-4-6-9(8)10;7-5-3-1-2-4-6(5)8(9)10/h3-11,16H,1-2H3;3-7H,10H2,1-2H3;1-4H. The maximum absolute atomic E-state index is 12.4. The number of halogens is 1. The van der Waals surface area contributed by atoms with Gasteiger partial charge in [-0.15, -0.1) is 0 Å². The molecule has 0 radical (unpaired) electrons. The van der Waals surface area contributed by atoms with Crippen LogP contribution in [0, 0.1) is 26.0 Å². The van der Waals surface area contributed by atoms with Gasteiger partial charge in [-0.05, 0) is 47.2 Å². The van der Waals surface area contributed by atoms with E-state index in [0.29, 0.717) is 17.5 Å². The molecule has 0 aliphatic rings. The third kappa shape index (κ3) is 9.23. The first kappa shape index (κ1) is 30.4. The summed E-state index contributed by atoms with van der Waals surface area (Å²) >= 11 is 0. The number of hydrogen-bond donors (Lipinski definition) is 2. The van der Waals surface area contributed by atoms with Crippen molar-refractivity contribution < 1.29 is 14.2 Å². The number of nitro benzene ring substituents is 2. The van der Waals surface area contributed by atoms with Crippen molar-refractivity contribution in [2.75, 3.05) is 11.1 Å². The summed E-state index contributed by atoms with van der Waals surface area (Å²) in [5, 5.41) is 24.1. The number of nitrogens with two attached hydrogens (primary N) is 1. The van der Waals surface area contributed by atoms with E-state index in [0.717, 1.165) is 29.1 Å². The van der Waals surface area contributed by atoms with E-state index >= 15 is 0 Å². The molecule has 0 aliphatic heterocycles. The number of anilines is 3. The smallest absolute Gasteiger partial charge is 0.304 e. The number of nitrogens with zero attached hydrogens (tertiary/aromatic N) is 2. The van der Waals surface area contributed by atoms with E-state index in [1.807, 2.05) is 42.5 Å². The summed E-state index contributed by atoms with van der Waals surface area (Å²) in [6.07, 6.45) is 0. The van der Waals surface area contributed by atoms with Gasteiger partial charge in [-0.2, -0.15) is 4.39 Å². The van der Waals surface area contributed by atoms with Crippen LogP contribution in [-0.4, -0.2) is 9.85 Å². The molecule has 4 rings (SSSR count). The molecule has 0 aromatic heterocycles. The number of nitrogen functional groups attached to an aromatic ring is 1. The highest BCUT2D eigenvalue weighted by Gasteiger charge is 2.14. The summed E-state index contributed by atoms with van der Waals surface area (Å²) in [7, 11) is 0. The Balaban J connectivity index is 0.000000225. The van der Waals surface area contributed by atoms with Crippen LogP contribution in [0.3, 0.4) is 0 Å². The molecule has 4 aromatic rings. The lowest BCUT2D eigenvalue weighted by atomic mass is 10.0. The summed E-state index contributed by atoms with van der Waals surface area (Å²) in [6.45, 7) is 8.48. The Hall–Kier alpha value is -4.79.